The maximum atomic E-state index is 9.81. The van der Waals surface area contributed by atoms with Crippen molar-refractivity contribution >= 4 is 0 Å². The van der Waals surface area contributed by atoms with Gasteiger partial charge in [-0.15, -0.1) is 0 Å². The third-order valence-corrected chi connectivity index (χ3v) is 2.53. The zero-order valence-corrected chi connectivity index (χ0v) is 7.07. The Labute approximate surface area is 72.4 Å². The van der Waals surface area contributed by atoms with Gasteiger partial charge in [-0.2, -0.15) is 0 Å². The monoisotopic (exact) mass is 169 g/mol. The molecule has 2 heterocycles. The lowest BCUT2D eigenvalue weighted by atomic mass is 10.0. The van der Waals surface area contributed by atoms with Crippen LogP contribution in [0, 0.1) is 0 Å². The van der Waals surface area contributed by atoms with Crippen LogP contribution in [0.15, 0.2) is 12.2 Å². The molecule has 0 aromatic heterocycles. The van der Waals surface area contributed by atoms with E-state index in [1.54, 1.807) is 0 Å². The summed E-state index contributed by atoms with van der Waals surface area (Å²) in [5, 5.41) is 13.0. The molecule has 68 valence electrons. The van der Waals surface area contributed by atoms with E-state index in [-0.39, 0.29) is 18.2 Å². The van der Waals surface area contributed by atoms with Gasteiger partial charge in [-0.3, -0.25) is 0 Å². The average Bonchev–Trinajstić information content (AvgIpc) is 2.77. The average molecular weight is 169 g/mol. The molecular formula is C9H15NO2. The number of rotatable bonds is 2. The predicted molar refractivity (Wildman–Crippen MR) is 45.9 cm³/mol. The summed E-state index contributed by atoms with van der Waals surface area (Å²) in [6.07, 6.45) is 5.82. The van der Waals surface area contributed by atoms with Crippen LogP contribution in [-0.2, 0) is 4.74 Å². The fourth-order valence-electron chi connectivity index (χ4n) is 1.82. The first-order chi connectivity index (χ1) is 5.88. The standard InChI is InChI=1S/C9H15NO2/c11-9(7-3-1-5-10-7)8-4-2-6-12-8/h1,3,7-11H,2,4-6H2. The van der Waals surface area contributed by atoms with Gasteiger partial charge in [-0.25, -0.2) is 0 Å². The molecule has 0 aromatic carbocycles. The van der Waals surface area contributed by atoms with Crippen molar-refractivity contribution in [2.24, 2.45) is 0 Å². The van der Waals surface area contributed by atoms with Gasteiger partial charge in [0.1, 0.15) is 0 Å². The van der Waals surface area contributed by atoms with Gasteiger partial charge in [0.25, 0.3) is 0 Å². The second-order valence-electron chi connectivity index (χ2n) is 3.40. The van der Waals surface area contributed by atoms with E-state index >= 15 is 0 Å². The molecule has 3 nitrogen and oxygen atoms in total. The fourth-order valence-corrected chi connectivity index (χ4v) is 1.82. The largest absolute Gasteiger partial charge is 0.388 e. The van der Waals surface area contributed by atoms with Crippen LogP contribution in [-0.4, -0.2) is 36.5 Å². The van der Waals surface area contributed by atoms with Crippen molar-refractivity contribution in [2.45, 2.75) is 31.1 Å². The smallest absolute Gasteiger partial charge is 0.0990 e. The van der Waals surface area contributed by atoms with E-state index in [0.29, 0.717) is 0 Å². The van der Waals surface area contributed by atoms with Crippen LogP contribution in [0.5, 0.6) is 0 Å². The van der Waals surface area contributed by atoms with E-state index in [0.717, 1.165) is 26.0 Å². The highest BCUT2D eigenvalue weighted by molar-refractivity contribution is 5.06. The van der Waals surface area contributed by atoms with E-state index in [1.165, 1.54) is 0 Å². The van der Waals surface area contributed by atoms with Crippen LogP contribution in [0.25, 0.3) is 0 Å². The minimum atomic E-state index is -0.369. The van der Waals surface area contributed by atoms with Gasteiger partial charge < -0.3 is 15.2 Å². The Morgan fingerprint density at radius 3 is 3.08 bits per heavy atom. The zero-order valence-electron chi connectivity index (χ0n) is 7.07. The molecule has 0 amide bonds. The van der Waals surface area contributed by atoms with Gasteiger partial charge in [0.05, 0.1) is 18.2 Å². The number of aliphatic hydroxyl groups excluding tert-OH is 1. The lowest BCUT2D eigenvalue weighted by Gasteiger charge is -2.22. The topological polar surface area (TPSA) is 41.5 Å². The van der Waals surface area contributed by atoms with Gasteiger partial charge in [0.2, 0.25) is 0 Å². The highest BCUT2D eigenvalue weighted by atomic mass is 16.5. The van der Waals surface area contributed by atoms with Crippen LogP contribution >= 0.6 is 0 Å². The Hall–Kier alpha value is -0.380. The number of ether oxygens (including phenoxy) is 1. The van der Waals surface area contributed by atoms with Crippen LogP contribution in [0.1, 0.15) is 12.8 Å². The Bertz CT molecular complexity index is 175. The molecule has 12 heavy (non-hydrogen) atoms. The summed E-state index contributed by atoms with van der Waals surface area (Å²) in [7, 11) is 0. The lowest BCUT2D eigenvalue weighted by molar-refractivity contribution is -0.0108. The molecule has 1 fully saturated rings. The van der Waals surface area contributed by atoms with Gasteiger partial charge >= 0.3 is 0 Å². The molecule has 3 atom stereocenters. The molecule has 2 N–H and O–H groups in total. The summed E-state index contributed by atoms with van der Waals surface area (Å²) in [5.41, 5.74) is 0. The summed E-state index contributed by atoms with van der Waals surface area (Å²) >= 11 is 0. The Morgan fingerprint density at radius 2 is 2.50 bits per heavy atom. The molecule has 3 heteroatoms. The Kier molecular flexibility index (Phi) is 2.44. The third kappa shape index (κ3) is 1.53. The highest BCUT2D eigenvalue weighted by Gasteiger charge is 2.30. The molecule has 2 rings (SSSR count). The van der Waals surface area contributed by atoms with Gasteiger partial charge in [0, 0.05) is 13.2 Å². The normalized spacial score (nSPS) is 37.4. The molecule has 0 saturated carbocycles. The van der Waals surface area contributed by atoms with Crippen molar-refractivity contribution in [3.05, 3.63) is 12.2 Å². The van der Waals surface area contributed by atoms with Gasteiger partial charge in [-0.1, -0.05) is 12.2 Å². The first-order valence-corrected chi connectivity index (χ1v) is 4.57. The molecule has 1 saturated heterocycles. The first-order valence-electron chi connectivity index (χ1n) is 4.57. The van der Waals surface area contributed by atoms with E-state index in [2.05, 4.69) is 5.32 Å². The van der Waals surface area contributed by atoms with E-state index < -0.39 is 0 Å². The molecule has 0 radical (unpaired) electrons. The Morgan fingerprint density at radius 1 is 1.58 bits per heavy atom. The second kappa shape index (κ2) is 3.56. The molecule has 3 unspecified atom stereocenters. The number of aliphatic hydroxyl groups is 1. The van der Waals surface area contributed by atoms with E-state index in [9.17, 15) is 5.11 Å². The van der Waals surface area contributed by atoms with Gasteiger partial charge in [-0.05, 0) is 12.8 Å². The summed E-state index contributed by atoms with van der Waals surface area (Å²) in [6, 6.07) is 0.105. The van der Waals surface area contributed by atoms with Crippen molar-refractivity contribution in [2.75, 3.05) is 13.2 Å². The summed E-state index contributed by atoms with van der Waals surface area (Å²) in [5.74, 6) is 0. The third-order valence-electron chi connectivity index (χ3n) is 2.53. The van der Waals surface area contributed by atoms with E-state index in [4.69, 9.17) is 4.74 Å². The predicted octanol–water partition coefficient (Wildman–Crippen LogP) is 0.0543. The molecule has 0 spiro atoms. The molecule has 2 aliphatic rings. The van der Waals surface area contributed by atoms with E-state index in [1.807, 2.05) is 12.2 Å². The van der Waals surface area contributed by atoms with Crippen LogP contribution in [0.3, 0.4) is 0 Å². The highest BCUT2D eigenvalue weighted by Crippen LogP contribution is 2.19. The van der Waals surface area contributed by atoms with Crippen molar-refractivity contribution in [3.63, 3.8) is 0 Å². The van der Waals surface area contributed by atoms with Crippen molar-refractivity contribution < 1.29 is 9.84 Å². The second-order valence-corrected chi connectivity index (χ2v) is 3.40. The summed E-state index contributed by atoms with van der Waals surface area (Å²) in [4.78, 5) is 0. The lowest BCUT2D eigenvalue weighted by Crippen LogP contribution is -2.42. The maximum Gasteiger partial charge on any atom is 0.0990 e. The van der Waals surface area contributed by atoms with Crippen LogP contribution in [0.4, 0.5) is 0 Å². The van der Waals surface area contributed by atoms with Crippen molar-refractivity contribution in [3.8, 4) is 0 Å². The minimum Gasteiger partial charge on any atom is -0.388 e. The summed E-state index contributed by atoms with van der Waals surface area (Å²) in [6.45, 7) is 1.67. The maximum absolute atomic E-state index is 9.81. The number of nitrogens with one attached hydrogen (secondary N) is 1. The number of hydrogen-bond donors (Lipinski definition) is 2. The quantitative estimate of drug-likeness (QED) is 0.574. The zero-order chi connectivity index (χ0) is 8.39. The van der Waals surface area contributed by atoms with Crippen LogP contribution in [0.2, 0.25) is 0 Å². The Balaban J connectivity index is 1.89. The van der Waals surface area contributed by atoms with Crippen molar-refractivity contribution in [1.82, 2.24) is 5.32 Å². The van der Waals surface area contributed by atoms with Crippen LogP contribution < -0.4 is 5.32 Å². The van der Waals surface area contributed by atoms with Gasteiger partial charge in [0.15, 0.2) is 0 Å². The number of hydrogen-bond acceptors (Lipinski definition) is 3. The minimum absolute atomic E-state index is 0.0465. The fraction of sp³-hybridized carbons (Fsp3) is 0.778. The van der Waals surface area contributed by atoms with Crippen molar-refractivity contribution in [1.29, 1.82) is 0 Å². The molecule has 0 aromatic rings. The molecule has 0 bridgehead atoms. The molecule has 2 aliphatic heterocycles. The molecular weight excluding hydrogens is 154 g/mol. The molecule has 0 aliphatic carbocycles. The summed E-state index contributed by atoms with van der Waals surface area (Å²) < 4.78 is 5.40. The first kappa shape index (κ1) is 8.23. The SMILES string of the molecule is OC(C1C=CCN1)C1CCCO1.